The normalized spacial score (nSPS) is 32.0. The van der Waals surface area contributed by atoms with E-state index >= 15 is 0 Å². The minimum absolute atomic E-state index is 0.485. The standard InChI is InChI=1S/C20H39N/c1-17(2)9-15(10-18(3,4)13-17)21-16-11-19(5,6)14-20(7,8)12-16/h15-16,21H,9-14H2,1-8H3. The zero-order chi connectivity index (χ0) is 16.1. The lowest BCUT2D eigenvalue weighted by molar-refractivity contribution is 0.0468. The van der Waals surface area contributed by atoms with E-state index < -0.39 is 0 Å². The van der Waals surface area contributed by atoms with E-state index in [0.29, 0.717) is 33.7 Å². The van der Waals surface area contributed by atoms with E-state index in [2.05, 4.69) is 60.7 Å². The molecule has 0 unspecified atom stereocenters. The van der Waals surface area contributed by atoms with Gasteiger partial charge in [-0.25, -0.2) is 0 Å². The molecule has 0 atom stereocenters. The third kappa shape index (κ3) is 4.98. The van der Waals surface area contributed by atoms with Crippen LogP contribution in [0.3, 0.4) is 0 Å². The fraction of sp³-hybridized carbons (Fsp3) is 1.00. The van der Waals surface area contributed by atoms with Gasteiger partial charge in [-0.3, -0.25) is 0 Å². The van der Waals surface area contributed by atoms with E-state index in [1.54, 1.807) is 0 Å². The molecule has 1 heteroatoms. The molecule has 2 fully saturated rings. The van der Waals surface area contributed by atoms with Gasteiger partial charge in [0, 0.05) is 12.1 Å². The van der Waals surface area contributed by atoms with Crippen LogP contribution in [0.5, 0.6) is 0 Å². The second-order valence-electron chi connectivity index (χ2n) is 11.4. The van der Waals surface area contributed by atoms with Gasteiger partial charge in [0.05, 0.1) is 0 Å². The highest BCUT2D eigenvalue weighted by atomic mass is 15.0. The Morgan fingerprint density at radius 3 is 1.00 bits per heavy atom. The van der Waals surface area contributed by atoms with Crippen LogP contribution in [0.25, 0.3) is 0 Å². The highest BCUT2D eigenvalue weighted by Gasteiger charge is 2.42. The molecule has 0 bridgehead atoms. The number of rotatable bonds is 2. The molecule has 2 aliphatic rings. The second kappa shape index (κ2) is 5.25. The predicted molar refractivity (Wildman–Crippen MR) is 93.5 cm³/mol. The maximum atomic E-state index is 4.08. The molecule has 0 aliphatic heterocycles. The van der Waals surface area contributed by atoms with Gasteiger partial charge in [0.25, 0.3) is 0 Å². The quantitative estimate of drug-likeness (QED) is 0.680. The molecular weight excluding hydrogens is 254 g/mol. The van der Waals surface area contributed by atoms with Gasteiger partial charge in [-0.15, -0.1) is 0 Å². The molecule has 0 aromatic rings. The van der Waals surface area contributed by atoms with E-state index in [1.165, 1.54) is 38.5 Å². The Morgan fingerprint density at radius 1 is 0.524 bits per heavy atom. The van der Waals surface area contributed by atoms with Crippen molar-refractivity contribution in [3.05, 3.63) is 0 Å². The van der Waals surface area contributed by atoms with Crippen LogP contribution in [-0.2, 0) is 0 Å². The first-order chi connectivity index (χ1) is 9.28. The van der Waals surface area contributed by atoms with Gasteiger partial charge in [-0.05, 0) is 60.2 Å². The maximum absolute atomic E-state index is 4.08. The molecule has 1 N–H and O–H groups in total. The predicted octanol–water partition coefficient (Wildman–Crippen LogP) is 5.79. The Morgan fingerprint density at radius 2 is 0.762 bits per heavy atom. The van der Waals surface area contributed by atoms with E-state index in [9.17, 15) is 0 Å². The molecule has 0 radical (unpaired) electrons. The molecular formula is C20H39N. The molecule has 0 aromatic carbocycles. The number of hydrogen-bond acceptors (Lipinski definition) is 1. The summed E-state index contributed by atoms with van der Waals surface area (Å²) in [6, 6.07) is 1.41. The number of nitrogens with one attached hydrogen (secondary N) is 1. The van der Waals surface area contributed by atoms with E-state index in [1.807, 2.05) is 0 Å². The van der Waals surface area contributed by atoms with Gasteiger partial charge in [-0.1, -0.05) is 55.4 Å². The summed E-state index contributed by atoms with van der Waals surface area (Å²) in [4.78, 5) is 0. The van der Waals surface area contributed by atoms with Crippen molar-refractivity contribution in [2.75, 3.05) is 0 Å². The van der Waals surface area contributed by atoms with Gasteiger partial charge in [0.2, 0.25) is 0 Å². The molecule has 2 saturated carbocycles. The third-order valence-electron chi connectivity index (χ3n) is 5.58. The minimum atomic E-state index is 0.485. The van der Waals surface area contributed by atoms with Crippen LogP contribution < -0.4 is 5.32 Å². The summed E-state index contributed by atoms with van der Waals surface area (Å²) >= 11 is 0. The molecule has 21 heavy (non-hydrogen) atoms. The smallest absolute Gasteiger partial charge is 0.00798 e. The fourth-order valence-electron chi connectivity index (χ4n) is 6.26. The zero-order valence-corrected chi connectivity index (χ0v) is 15.9. The van der Waals surface area contributed by atoms with Crippen LogP contribution in [0.1, 0.15) is 93.9 Å². The van der Waals surface area contributed by atoms with E-state index in [0.717, 1.165) is 0 Å². The van der Waals surface area contributed by atoms with Crippen molar-refractivity contribution >= 4 is 0 Å². The Kier molecular flexibility index (Phi) is 4.33. The molecule has 2 aliphatic carbocycles. The Bertz CT molecular complexity index is 307. The average Bonchev–Trinajstić information content (AvgIpc) is 2.04. The van der Waals surface area contributed by atoms with E-state index in [4.69, 9.17) is 0 Å². The van der Waals surface area contributed by atoms with Crippen molar-refractivity contribution < 1.29 is 0 Å². The van der Waals surface area contributed by atoms with Crippen LogP contribution in [0.15, 0.2) is 0 Å². The highest BCUT2D eigenvalue weighted by molar-refractivity contribution is 4.97. The first-order valence-electron chi connectivity index (χ1n) is 9.04. The van der Waals surface area contributed by atoms with Crippen molar-refractivity contribution in [1.29, 1.82) is 0 Å². The van der Waals surface area contributed by atoms with Gasteiger partial charge in [0.15, 0.2) is 0 Å². The van der Waals surface area contributed by atoms with Gasteiger partial charge in [-0.2, -0.15) is 0 Å². The molecule has 2 rings (SSSR count). The first kappa shape index (κ1) is 17.3. The Balaban J connectivity index is 2.03. The van der Waals surface area contributed by atoms with Crippen molar-refractivity contribution in [2.24, 2.45) is 21.7 Å². The van der Waals surface area contributed by atoms with E-state index in [-0.39, 0.29) is 0 Å². The van der Waals surface area contributed by atoms with Crippen LogP contribution in [-0.4, -0.2) is 12.1 Å². The summed E-state index contributed by atoms with van der Waals surface area (Å²) in [5, 5.41) is 4.08. The van der Waals surface area contributed by atoms with Gasteiger partial charge >= 0.3 is 0 Å². The summed E-state index contributed by atoms with van der Waals surface area (Å²) in [5.41, 5.74) is 1.94. The topological polar surface area (TPSA) is 12.0 Å². The van der Waals surface area contributed by atoms with Crippen LogP contribution in [0, 0.1) is 21.7 Å². The van der Waals surface area contributed by atoms with Crippen molar-refractivity contribution in [3.8, 4) is 0 Å². The fourth-order valence-corrected chi connectivity index (χ4v) is 6.26. The summed E-state index contributed by atoms with van der Waals surface area (Å²) in [6.07, 6.45) is 8.09. The molecule has 0 spiro atoms. The molecule has 0 amide bonds. The Labute approximate surface area is 133 Å². The summed E-state index contributed by atoms with van der Waals surface area (Å²) in [5.74, 6) is 0. The highest BCUT2D eigenvalue weighted by Crippen LogP contribution is 2.48. The molecule has 0 aromatic heterocycles. The molecule has 1 nitrogen and oxygen atoms in total. The first-order valence-corrected chi connectivity index (χ1v) is 9.04. The second-order valence-corrected chi connectivity index (χ2v) is 11.4. The lowest BCUT2D eigenvalue weighted by Crippen LogP contribution is -2.51. The summed E-state index contributed by atoms with van der Waals surface area (Å²) in [6.45, 7) is 19.6. The van der Waals surface area contributed by atoms with Gasteiger partial charge in [0.1, 0.15) is 0 Å². The number of hydrogen-bond donors (Lipinski definition) is 1. The lowest BCUT2D eigenvalue weighted by Gasteiger charge is -2.50. The van der Waals surface area contributed by atoms with Crippen LogP contribution in [0.4, 0.5) is 0 Å². The van der Waals surface area contributed by atoms with Crippen molar-refractivity contribution in [2.45, 2.75) is 106 Å². The summed E-state index contributed by atoms with van der Waals surface area (Å²) in [7, 11) is 0. The molecule has 124 valence electrons. The minimum Gasteiger partial charge on any atom is -0.311 e. The largest absolute Gasteiger partial charge is 0.311 e. The maximum Gasteiger partial charge on any atom is 0.00798 e. The molecule has 0 saturated heterocycles. The van der Waals surface area contributed by atoms with Crippen molar-refractivity contribution in [3.63, 3.8) is 0 Å². The summed E-state index contributed by atoms with van der Waals surface area (Å²) < 4.78 is 0. The third-order valence-corrected chi connectivity index (χ3v) is 5.58. The Hall–Kier alpha value is -0.0400. The molecule has 0 heterocycles. The lowest BCUT2D eigenvalue weighted by atomic mass is 9.61. The van der Waals surface area contributed by atoms with Crippen LogP contribution >= 0.6 is 0 Å². The SMILES string of the molecule is CC1(C)CC(NC2CC(C)(C)CC(C)(C)C2)CC(C)(C)C1. The van der Waals surface area contributed by atoms with Crippen LogP contribution in [0.2, 0.25) is 0 Å². The van der Waals surface area contributed by atoms with Gasteiger partial charge < -0.3 is 5.32 Å². The monoisotopic (exact) mass is 293 g/mol. The average molecular weight is 294 g/mol. The zero-order valence-electron chi connectivity index (χ0n) is 15.9. The van der Waals surface area contributed by atoms with Crippen molar-refractivity contribution in [1.82, 2.24) is 5.32 Å².